The molecule has 0 bridgehead atoms. The number of nitrogens with zero attached hydrogens (tertiary/aromatic N) is 1. The molecule has 0 unspecified atom stereocenters. The van der Waals surface area contributed by atoms with Gasteiger partial charge in [0.05, 0.1) is 15.7 Å². The Labute approximate surface area is 102 Å². The van der Waals surface area contributed by atoms with E-state index >= 15 is 0 Å². The van der Waals surface area contributed by atoms with Gasteiger partial charge < -0.3 is 5.73 Å². The Hall–Kier alpha value is -0.770. The highest BCUT2D eigenvalue weighted by molar-refractivity contribution is 7.13. The van der Waals surface area contributed by atoms with Crippen LogP contribution in [0.2, 0.25) is 10.0 Å². The van der Waals surface area contributed by atoms with Gasteiger partial charge in [-0.3, -0.25) is 0 Å². The maximum absolute atomic E-state index is 6.06. The fraction of sp³-hybridized carbons (Fsp3) is 0.100. The summed E-state index contributed by atoms with van der Waals surface area (Å²) in [5.41, 5.74) is 7.43. The average Bonchev–Trinajstić information content (AvgIpc) is 2.59. The summed E-state index contributed by atoms with van der Waals surface area (Å²) in [5, 5.41) is 3.65. The molecule has 2 aromatic rings. The van der Waals surface area contributed by atoms with Crippen molar-refractivity contribution >= 4 is 39.7 Å². The third kappa shape index (κ3) is 2.43. The van der Waals surface area contributed by atoms with Crippen molar-refractivity contribution in [1.82, 2.24) is 4.98 Å². The Morgan fingerprint density at radius 2 is 2.13 bits per heavy atom. The number of halogens is 2. The molecule has 5 heteroatoms. The first-order valence-corrected chi connectivity index (χ1v) is 5.93. The lowest BCUT2D eigenvalue weighted by Gasteiger charge is -2.03. The van der Waals surface area contributed by atoms with Gasteiger partial charge in [-0.05, 0) is 11.6 Å². The lowest BCUT2D eigenvalue weighted by Crippen LogP contribution is -1.91. The predicted octanol–water partition coefficient (Wildman–Crippen LogP) is 3.62. The zero-order valence-corrected chi connectivity index (χ0v) is 10.0. The average molecular weight is 259 g/mol. The number of nitrogen functional groups attached to an aromatic ring is 1. The predicted molar refractivity (Wildman–Crippen MR) is 65.8 cm³/mol. The molecule has 2 rings (SSSR count). The lowest BCUT2D eigenvalue weighted by molar-refractivity contribution is 1.11. The van der Waals surface area contributed by atoms with Gasteiger partial charge in [0.15, 0.2) is 5.13 Å². The number of thiazole rings is 1. The van der Waals surface area contributed by atoms with Gasteiger partial charge in [-0.1, -0.05) is 35.3 Å². The van der Waals surface area contributed by atoms with Crippen molar-refractivity contribution in [3.63, 3.8) is 0 Å². The molecule has 2 nitrogen and oxygen atoms in total. The first kappa shape index (κ1) is 10.7. The molecule has 0 spiro atoms. The van der Waals surface area contributed by atoms with Crippen molar-refractivity contribution in [3.8, 4) is 0 Å². The molecule has 0 radical (unpaired) electrons. The lowest BCUT2D eigenvalue weighted by atomic mass is 10.1. The molecule has 0 aliphatic rings. The summed E-state index contributed by atoms with van der Waals surface area (Å²) < 4.78 is 0. The maximum atomic E-state index is 6.06. The third-order valence-electron chi connectivity index (χ3n) is 1.97. The molecular weight excluding hydrogens is 251 g/mol. The van der Waals surface area contributed by atoms with E-state index in [9.17, 15) is 0 Å². The van der Waals surface area contributed by atoms with Crippen molar-refractivity contribution in [1.29, 1.82) is 0 Å². The van der Waals surface area contributed by atoms with E-state index in [1.165, 1.54) is 11.3 Å². The van der Waals surface area contributed by atoms with E-state index < -0.39 is 0 Å². The highest BCUT2D eigenvalue weighted by Gasteiger charge is 2.07. The van der Waals surface area contributed by atoms with E-state index in [0.29, 0.717) is 21.6 Å². The number of rotatable bonds is 2. The highest BCUT2D eigenvalue weighted by Crippen LogP contribution is 2.27. The Morgan fingerprint density at radius 1 is 1.33 bits per heavy atom. The Kier molecular flexibility index (Phi) is 3.14. The molecule has 0 saturated carbocycles. The smallest absolute Gasteiger partial charge is 0.180 e. The molecule has 0 atom stereocenters. The number of aromatic nitrogens is 1. The van der Waals surface area contributed by atoms with E-state index in [-0.39, 0.29) is 0 Å². The summed E-state index contributed by atoms with van der Waals surface area (Å²) in [4.78, 5) is 4.17. The molecule has 0 aliphatic heterocycles. The van der Waals surface area contributed by atoms with E-state index in [2.05, 4.69) is 4.98 Å². The minimum atomic E-state index is 0.567. The maximum Gasteiger partial charge on any atom is 0.180 e. The quantitative estimate of drug-likeness (QED) is 0.894. The summed E-state index contributed by atoms with van der Waals surface area (Å²) in [7, 11) is 0. The SMILES string of the molecule is Nc1nc(Cc2cccc(Cl)c2Cl)cs1. The van der Waals surface area contributed by atoms with Gasteiger partial charge in [0.2, 0.25) is 0 Å². The number of benzene rings is 1. The molecule has 1 heterocycles. The van der Waals surface area contributed by atoms with E-state index in [1.807, 2.05) is 17.5 Å². The van der Waals surface area contributed by atoms with E-state index in [1.54, 1.807) is 6.07 Å². The molecule has 1 aromatic carbocycles. The molecule has 15 heavy (non-hydrogen) atoms. The number of nitrogens with two attached hydrogens (primary N) is 1. The van der Waals surface area contributed by atoms with Gasteiger partial charge >= 0.3 is 0 Å². The summed E-state index contributed by atoms with van der Waals surface area (Å²) in [6.45, 7) is 0. The molecule has 1 aromatic heterocycles. The Balaban J connectivity index is 2.28. The van der Waals surface area contributed by atoms with Crippen molar-refractivity contribution in [2.45, 2.75) is 6.42 Å². The van der Waals surface area contributed by atoms with Crippen molar-refractivity contribution in [3.05, 3.63) is 44.9 Å². The van der Waals surface area contributed by atoms with E-state index in [4.69, 9.17) is 28.9 Å². The fourth-order valence-electron chi connectivity index (χ4n) is 1.28. The summed E-state index contributed by atoms with van der Waals surface area (Å²) in [5.74, 6) is 0. The number of hydrogen-bond acceptors (Lipinski definition) is 3. The van der Waals surface area contributed by atoms with Gasteiger partial charge in [0.1, 0.15) is 0 Å². The Morgan fingerprint density at radius 3 is 2.80 bits per heavy atom. The van der Waals surface area contributed by atoms with Crippen molar-refractivity contribution in [2.75, 3.05) is 5.73 Å². The van der Waals surface area contributed by atoms with Crippen LogP contribution in [0.25, 0.3) is 0 Å². The van der Waals surface area contributed by atoms with Crippen LogP contribution < -0.4 is 5.73 Å². The first-order valence-electron chi connectivity index (χ1n) is 4.29. The standard InChI is InChI=1S/C10H8Cl2N2S/c11-8-3-1-2-6(9(8)12)4-7-5-15-10(13)14-7/h1-3,5H,4H2,(H2,13,14). The van der Waals surface area contributed by atoms with Crippen LogP contribution in [0.1, 0.15) is 11.3 Å². The van der Waals surface area contributed by atoms with Crippen LogP contribution in [0, 0.1) is 0 Å². The van der Waals surface area contributed by atoms with Gasteiger partial charge in [0, 0.05) is 11.8 Å². The van der Waals surface area contributed by atoms with Crippen LogP contribution in [-0.2, 0) is 6.42 Å². The van der Waals surface area contributed by atoms with Crippen LogP contribution in [0.4, 0.5) is 5.13 Å². The van der Waals surface area contributed by atoms with Crippen LogP contribution in [-0.4, -0.2) is 4.98 Å². The summed E-state index contributed by atoms with van der Waals surface area (Å²) in [6.07, 6.45) is 0.660. The topological polar surface area (TPSA) is 38.9 Å². The van der Waals surface area contributed by atoms with E-state index in [0.717, 1.165) is 11.3 Å². The van der Waals surface area contributed by atoms with Crippen LogP contribution in [0.5, 0.6) is 0 Å². The first-order chi connectivity index (χ1) is 7.16. The molecular formula is C10H8Cl2N2S. The molecule has 2 N–H and O–H groups in total. The van der Waals surface area contributed by atoms with Crippen LogP contribution >= 0.6 is 34.5 Å². The van der Waals surface area contributed by atoms with Crippen LogP contribution in [0.3, 0.4) is 0 Å². The summed E-state index contributed by atoms with van der Waals surface area (Å²) in [6, 6.07) is 5.58. The third-order valence-corrected chi connectivity index (χ3v) is 3.55. The summed E-state index contributed by atoms with van der Waals surface area (Å²) >= 11 is 13.4. The van der Waals surface area contributed by atoms with Gasteiger partial charge in [0.25, 0.3) is 0 Å². The minimum absolute atomic E-state index is 0.567. The van der Waals surface area contributed by atoms with Gasteiger partial charge in [-0.2, -0.15) is 0 Å². The minimum Gasteiger partial charge on any atom is -0.375 e. The second-order valence-corrected chi connectivity index (χ2v) is 4.74. The molecule has 0 amide bonds. The molecule has 78 valence electrons. The number of hydrogen-bond donors (Lipinski definition) is 1. The largest absolute Gasteiger partial charge is 0.375 e. The molecule has 0 fully saturated rings. The second-order valence-electron chi connectivity index (χ2n) is 3.07. The van der Waals surface area contributed by atoms with Gasteiger partial charge in [-0.15, -0.1) is 11.3 Å². The second kappa shape index (κ2) is 4.39. The highest BCUT2D eigenvalue weighted by atomic mass is 35.5. The normalized spacial score (nSPS) is 10.5. The van der Waals surface area contributed by atoms with Crippen LogP contribution in [0.15, 0.2) is 23.6 Å². The van der Waals surface area contributed by atoms with Crippen molar-refractivity contribution < 1.29 is 0 Å². The van der Waals surface area contributed by atoms with Crippen molar-refractivity contribution in [2.24, 2.45) is 0 Å². The monoisotopic (exact) mass is 258 g/mol. The fourth-order valence-corrected chi connectivity index (χ4v) is 2.23. The zero-order valence-electron chi connectivity index (χ0n) is 7.71. The molecule has 0 aliphatic carbocycles. The Bertz CT molecular complexity index is 482. The zero-order chi connectivity index (χ0) is 10.8. The number of anilines is 1. The van der Waals surface area contributed by atoms with Gasteiger partial charge in [-0.25, -0.2) is 4.98 Å². The molecule has 0 saturated heterocycles.